The second-order valence-electron chi connectivity index (χ2n) is 4.70. The molecule has 0 atom stereocenters. The van der Waals surface area contributed by atoms with E-state index in [1.165, 1.54) is 25.7 Å². The Bertz CT molecular complexity index is 529. The average Bonchev–Trinajstić information content (AvgIpc) is 3.06. The van der Waals surface area contributed by atoms with Gasteiger partial charge in [-0.15, -0.1) is 0 Å². The quantitative estimate of drug-likeness (QED) is 0.478. The number of nitrogens with zero attached hydrogens (tertiary/aromatic N) is 3. The topological polar surface area (TPSA) is 105 Å². The first-order valence-electron chi connectivity index (χ1n) is 6.28. The number of aromatic amines is 1. The average molecular weight is 247 g/mol. The molecule has 96 valence electrons. The highest BCUT2D eigenvalue weighted by molar-refractivity contribution is 5.86. The molecule has 0 radical (unpaired) electrons. The van der Waals surface area contributed by atoms with Crippen LogP contribution in [0.15, 0.2) is 6.20 Å². The first kappa shape index (κ1) is 11.2. The fourth-order valence-electron chi connectivity index (χ4n) is 2.49. The van der Waals surface area contributed by atoms with Crippen molar-refractivity contribution in [2.75, 3.05) is 17.3 Å². The van der Waals surface area contributed by atoms with E-state index in [9.17, 15) is 0 Å². The smallest absolute Gasteiger partial charge is 0.241 e. The van der Waals surface area contributed by atoms with Crippen LogP contribution in [0.4, 0.5) is 11.8 Å². The molecule has 1 aliphatic carbocycles. The number of aromatic nitrogens is 4. The monoisotopic (exact) mass is 247 g/mol. The lowest BCUT2D eigenvalue weighted by Crippen LogP contribution is -2.15. The van der Waals surface area contributed by atoms with Crippen LogP contribution in [0, 0.1) is 5.92 Å². The number of rotatable bonds is 4. The maximum absolute atomic E-state index is 5.36. The maximum atomic E-state index is 5.36. The Labute approximate surface area is 105 Å². The largest absolute Gasteiger partial charge is 0.369 e. The third kappa shape index (κ3) is 2.08. The molecule has 1 aliphatic rings. The Hall–Kier alpha value is -1.89. The number of nitrogen functional groups attached to an aromatic ring is 1. The van der Waals surface area contributed by atoms with Gasteiger partial charge in [-0.1, -0.05) is 12.8 Å². The predicted molar refractivity (Wildman–Crippen MR) is 69.9 cm³/mol. The number of nitrogens with two attached hydrogens (primary N) is 1. The normalized spacial score (nSPS) is 16.3. The van der Waals surface area contributed by atoms with E-state index < -0.39 is 0 Å². The van der Waals surface area contributed by atoms with E-state index in [0.29, 0.717) is 11.6 Å². The Morgan fingerprint density at radius 3 is 2.94 bits per heavy atom. The third-order valence-corrected chi connectivity index (χ3v) is 3.47. The van der Waals surface area contributed by atoms with Gasteiger partial charge in [0.15, 0.2) is 5.65 Å². The fraction of sp³-hybridized carbons (Fsp3) is 0.545. The number of anilines is 2. The summed E-state index contributed by atoms with van der Waals surface area (Å²) in [4.78, 5) is 8.52. The molecule has 0 spiro atoms. The molecule has 3 rings (SSSR count). The zero-order valence-corrected chi connectivity index (χ0v) is 10.1. The number of hydrogen-bond donors (Lipinski definition) is 4. The molecule has 1 fully saturated rings. The summed E-state index contributed by atoms with van der Waals surface area (Å²) >= 11 is 0. The summed E-state index contributed by atoms with van der Waals surface area (Å²) < 4.78 is 0. The van der Waals surface area contributed by atoms with Crippen LogP contribution in [0.1, 0.15) is 25.7 Å². The number of hydrogen-bond acceptors (Lipinski definition) is 6. The van der Waals surface area contributed by atoms with Gasteiger partial charge in [0.05, 0.1) is 11.6 Å². The molecule has 7 heteroatoms. The van der Waals surface area contributed by atoms with Gasteiger partial charge in [0.2, 0.25) is 5.95 Å². The molecule has 7 nitrogen and oxygen atoms in total. The molecule has 0 aromatic carbocycles. The van der Waals surface area contributed by atoms with Gasteiger partial charge in [0.1, 0.15) is 5.82 Å². The second kappa shape index (κ2) is 4.77. The molecule has 0 amide bonds. The van der Waals surface area contributed by atoms with Crippen LogP contribution in [0.5, 0.6) is 0 Å². The zero-order chi connectivity index (χ0) is 12.4. The summed E-state index contributed by atoms with van der Waals surface area (Å²) in [6.45, 7) is 0.946. The van der Waals surface area contributed by atoms with Crippen molar-refractivity contribution >= 4 is 22.8 Å². The fourth-order valence-corrected chi connectivity index (χ4v) is 2.49. The first-order chi connectivity index (χ1) is 8.86. The highest BCUT2D eigenvalue weighted by atomic mass is 15.3. The van der Waals surface area contributed by atoms with E-state index in [1.807, 2.05) is 0 Å². The second-order valence-corrected chi connectivity index (χ2v) is 4.70. The number of hydrazine groups is 1. The van der Waals surface area contributed by atoms with Crippen molar-refractivity contribution < 1.29 is 0 Å². The van der Waals surface area contributed by atoms with Crippen LogP contribution in [-0.4, -0.2) is 26.7 Å². The molecule has 2 heterocycles. The third-order valence-electron chi connectivity index (χ3n) is 3.47. The standard InChI is InChI=1S/C11H17N7/c12-17-11-15-9(8-6-14-18-10(8)16-11)13-5-7-3-1-2-4-7/h6-7H,1-5,12H2,(H3,13,14,15,16,17,18). The molecule has 0 bridgehead atoms. The van der Waals surface area contributed by atoms with Gasteiger partial charge in [0.25, 0.3) is 0 Å². The minimum Gasteiger partial charge on any atom is -0.369 e. The van der Waals surface area contributed by atoms with Gasteiger partial charge < -0.3 is 5.32 Å². The lowest BCUT2D eigenvalue weighted by atomic mass is 10.1. The van der Waals surface area contributed by atoms with Crippen molar-refractivity contribution in [2.24, 2.45) is 11.8 Å². The zero-order valence-electron chi connectivity index (χ0n) is 10.1. The van der Waals surface area contributed by atoms with Crippen LogP contribution in [0.25, 0.3) is 11.0 Å². The summed E-state index contributed by atoms with van der Waals surface area (Å²) in [5, 5.41) is 11.1. The molecular formula is C11H17N7. The Morgan fingerprint density at radius 1 is 1.33 bits per heavy atom. The van der Waals surface area contributed by atoms with Crippen molar-refractivity contribution in [1.29, 1.82) is 0 Å². The highest BCUT2D eigenvalue weighted by Gasteiger charge is 2.16. The summed E-state index contributed by atoms with van der Waals surface area (Å²) in [5.41, 5.74) is 3.15. The summed E-state index contributed by atoms with van der Waals surface area (Å²) in [6, 6.07) is 0. The molecule has 2 aromatic heterocycles. The number of fused-ring (bicyclic) bond motifs is 1. The number of nitrogens with one attached hydrogen (secondary N) is 3. The molecular weight excluding hydrogens is 230 g/mol. The minimum absolute atomic E-state index is 0.390. The van der Waals surface area contributed by atoms with E-state index in [0.717, 1.165) is 23.7 Å². The molecule has 5 N–H and O–H groups in total. The number of H-pyrrole nitrogens is 1. The van der Waals surface area contributed by atoms with Crippen molar-refractivity contribution in [2.45, 2.75) is 25.7 Å². The molecule has 1 saturated carbocycles. The molecule has 0 unspecified atom stereocenters. The van der Waals surface area contributed by atoms with Crippen LogP contribution < -0.4 is 16.6 Å². The lowest BCUT2D eigenvalue weighted by molar-refractivity contribution is 0.579. The Kier molecular flexibility index (Phi) is 2.97. The lowest BCUT2D eigenvalue weighted by Gasteiger charge is -2.12. The van der Waals surface area contributed by atoms with Gasteiger partial charge in [0, 0.05) is 6.54 Å². The highest BCUT2D eigenvalue weighted by Crippen LogP contribution is 2.26. The van der Waals surface area contributed by atoms with E-state index in [2.05, 4.69) is 30.9 Å². The first-order valence-corrected chi connectivity index (χ1v) is 6.28. The van der Waals surface area contributed by atoms with Crippen molar-refractivity contribution in [3.8, 4) is 0 Å². The van der Waals surface area contributed by atoms with Crippen LogP contribution in [-0.2, 0) is 0 Å². The Balaban J connectivity index is 1.82. The van der Waals surface area contributed by atoms with Crippen molar-refractivity contribution in [3.05, 3.63) is 6.20 Å². The summed E-state index contributed by atoms with van der Waals surface area (Å²) in [7, 11) is 0. The summed E-state index contributed by atoms with van der Waals surface area (Å²) in [6.07, 6.45) is 7.01. The van der Waals surface area contributed by atoms with Gasteiger partial charge in [-0.3, -0.25) is 10.5 Å². The van der Waals surface area contributed by atoms with E-state index >= 15 is 0 Å². The maximum Gasteiger partial charge on any atom is 0.241 e. The predicted octanol–water partition coefficient (Wildman–Crippen LogP) is 1.24. The Morgan fingerprint density at radius 2 is 2.17 bits per heavy atom. The van der Waals surface area contributed by atoms with Gasteiger partial charge in [-0.05, 0) is 18.8 Å². The van der Waals surface area contributed by atoms with Crippen LogP contribution in [0.2, 0.25) is 0 Å². The van der Waals surface area contributed by atoms with Crippen molar-refractivity contribution in [1.82, 2.24) is 20.2 Å². The van der Waals surface area contributed by atoms with Gasteiger partial charge in [-0.25, -0.2) is 5.84 Å². The van der Waals surface area contributed by atoms with Crippen LogP contribution in [0.3, 0.4) is 0 Å². The molecule has 0 aliphatic heterocycles. The van der Waals surface area contributed by atoms with E-state index in [-0.39, 0.29) is 0 Å². The van der Waals surface area contributed by atoms with E-state index in [1.54, 1.807) is 6.20 Å². The van der Waals surface area contributed by atoms with Crippen LogP contribution >= 0.6 is 0 Å². The van der Waals surface area contributed by atoms with Crippen molar-refractivity contribution in [3.63, 3.8) is 0 Å². The van der Waals surface area contributed by atoms with E-state index in [4.69, 9.17) is 5.84 Å². The SMILES string of the molecule is NNc1nc(NCC2CCCC2)c2cn[nH]c2n1. The van der Waals surface area contributed by atoms with Gasteiger partial charge in [-0.2, -0.15) is 15.1 Å². The minimum atomic E-state index is 0.390. The van der Waals surface area contributed by atoms with Gasteiger partial charge >= 0.3 is 0 Å². The summed E-state index contributed by atoms with van der Waals surface area (Å²) in [5.74, 6) is 7.28. The molecule has 18 heavy (non-hydrogen) atoms. The molecule has 0 saturated heterocycles. The molecule has 2 aromatic rings.